The highest BCUT2D eigenvalue weighted by atomic mass is 31.2. The number of hydrogen-bond donors (Lipinski definition) is 2. The number of allylic oxidation sites excluding steroid dienone is 1. The van der Waals surface area contributed by atoms with Gasteiger partial charge in [0.15, 0.2) is 6.23 Å². The fraction of sp³-hybridized carbons (Fsp3) is 0.556. The molecular formula is C18H27N2O3P. The van der Waals surface area contributed by atoms with E-state index in [4.69, 9.17) is 4.74 Å². The lowest BCUT2D eigenvalue weighted by atomic mass is 10.1. The van der Waals surface area contributed by atoms with E-state index in [1.54, 1.807) is 18.0 Å². The van der Waals surface area contributed by atoms with E-state index in [2.05, 4.69) is 43.0 Å². The van der Waals surface area contributed by atoms with Crippen LogP contribution in [0.1, 0.15) is 20.3 Å². The summed E-state index contributed by atoms with van der Waals surface area (Å²) in [5, 5.41) is 20.8. The van der Waals surface area contributed by atoms with Gasteiger partial charge in [-0.1, -0.05) is 12.5 Å². The van der Waals surface area contributed by atoms with Crippen LogP contribution < -0.4 is 0 Å². The molecular weight excluding hydrogens is 323 g/mol. The zero-order valence-electron chi connectivity index (χ0n) is 14.9. The van der Waals surface area contributed by atoms with Crippen molar-refractivity contribution < 1.29 is 14.9 Å². The predicted molar refractivity (Wildman–Crippen MR) is 102 cm³/mol. The highest BCUT2D eigenvalue weighted by Crippen LogP contribution is 2.39. The van der Waals surface area contributed by atoms with Crippen LogP contribution in [-0.4, -0.2) is 71.2 Å². The minimum Gasteiger partial charge on any atom is -0.388 e. The molecule has 0 bridgehead atoms. The Labute approximate surface area is 144 Å². The van der Waals surface area contributed by atoms with Crippen LogP contribution in [0.25, 0.3) is 0 Å². The van der Waals surface area contributed by atoms with Gasteiger partial charge >= 0.3 is 0 Å². The van der Waals surface area contributed by atoms with Crippen LogP contribution in [0.4, 0.5) is 0 Å². The molecule has 132 valence electrons. The van der Waals surface area contributed by atoms with E-state index in [0.717, 1.165) is 17.4 Å². The summed E-state index contributed by atoms with van der Waals surface area (Å²) in [4.78, 5) is 6.04. The van der Waals surface area contributed by atoms with Gasteiger partial charge in [-0.15, -0.1) is 19.1 Å². The first-order chi connectivity index (χ1) is 11.1. The van der Waals surface area contributed by atoms with Gasteiger partial charge in [0.25, 0.3) is 0 Å². The summed E-state index contributed by atoms with van der Waals surface area (Å²) in [6.45, 7) is 10.6. The van der Waals surface area contributed by atoms with Gasteiger partial charge in [-0.25, -0.2) is 4.99 Å². The molecule has 2 aliphatic heterocycles. The maximum atomic E-state index is 10.4. The van der Waals surface area contributed by atoms with Gasteiger partial charge in [0.2, 0.25) is 0 Å². The lowest BCUT2D eigenvalue weighted by molar-refractivity contribution is -0.0579. The first-order valence-corrected chi connectivity index (χ1v) is 11.1. The minimum atomic E-state index is -1.21. The zero-order chi connectivity index (χ0) is 18.1. The third-order valence-corrected chi connectivity index (χ3v) is 5.61. The molecule has 0 spiro atoms. The average Bonchev–Trinajstić information content (AvgIpc) is 2.75. The summed E-state index contributed by atoms with van der Waals surface area (Å²) in [5.41, 5.74) is 1.53. The van der Waals surface area contributed by atoms with E-state index in [9.17, 15) is 10.2 Å². The number of rotatable bonds is 4. The summed E-state index contributed by atoms with van der Waals surface area (Å²) >= 11 is 0. The Morgan fingerprint density at radius 2 is 2.04 bits per heavy atom. The lowest BCUT2D eigenvalue weighted by Gasteiger charge is -2.31. The van der Waals surface area contributed by atoms with E-state index < -0.39 is 31.4 Å². The number of hydrogen-bond acceptors (Lipinski definition) is 5. The lowest BCUT2D eigenvalue weighted by Crippen LogP contribution is -2.41. The zero-order valence-corrected chi connectivity index (χ0v) is 15.8. The van der Waals surface area contributed by atoms with Crippen molar-refractivity contribution in [2.45, 2.75) is 44.8 Å². The number of aliphatic hydroxyl groups is 2. The normalized spacial score (nSPS) is 30.6. The Hall–Kier alpha value is -1.31. The largest absolute Gasteiger partial charge is 0.388 e. The summed E-state index contributed by atoms with van der Waals surface area (Å²) in [5.74, 6) is 6.30. The second-order valence-corrected chi connectivity index (χ2v) is 11.3. The summed E-state index contributed by atoms with van der Waals surface area (Å²) in [6.07, 6.45) is 4.44. The molecule has 5 nitrogen and oxygen atoms in total. The van der Waals surface area contributed by atoms with E-state index in [0.29, 0.717) is 12.2 Å². The van der Waals surface area contributed by atoms with Crippen LogP contribution in [0, 0.1) is 11.8 Å². The van der Waals surface area contributed by atoms with E-state index >= 15 is 0 Å². The SMILES string of the molecule is C=C1N=C(C)C(C#CC)=CN1[C@@H]1OC(CCP(=C)(C)C)[C@@H](O)[C@H]1O. The molecule has 2 N–H and O–H groups in total. The molecule has 24 heavy (non-hydrogen) atoms. The first kappa shape index (κ1) is 19.0. The van der Waals surface area contributed by atoms with Crippen LogP contribution in [0.3, 0.4) is 0 Å². The number of ether oxygens (including phenoxy) is 1. The molecule has 1 fully saturated rings. The molecule has 0 radical (unpaired) electrons. The highest BCUT2D eigenvalue weighted by Gasteiger charge is 2.45. The van der Waals surface area contributed by atoms with Crippen LogP contribution in [-0.2, 0) is 4.74 Å². The molecule has 2 heterocycles. The molecule has 0 saturated carbocycles. The topological polar surface area (TPSA) is 65.3 Å². The minimum absolute atomic E-state index is 0.417. The van der Waals surface area contributed by atoms with Crippen LogP contribution in [0.2, 0.25) is 0 Å². The molecule has 4 atom stereocenters. The number of nitrogens with zero attached hydrogens (tertiary/aromatic N) is 2. The van der Waals surface area contributed by atoms with Crippen molar-refractivity contribution in [2.75, 3.05) is 19.5 Å². The van der Waals surface area contributed by atoms with Crippen molar-refractivity contribution in [1.29, 1.82) is 0 Å². The van der Waals surface area contributed by atoms with Gasteiger partial charge in [-0.05, 0) is 39.8 Å². The van der Waals surface area contributed by atoms with Crippen LogP contribution >= 0.6 is 6.89 Å². The molecule has 0 aromatic carbocycles. The van der Waals surface area contributed by atoms with Crippen LogP contribution in [0.5, 0.6) is 0 Å². The van der Waals surface area contributed by atoms with E-state index in [-0.39, 0.29) is 0 Å². The smallest absolute Gasteiger partial charge is 0.164 e. The second-order valence-electron chi connectivity index (χ2n) is 6.93. The third-order valence-electron chi connectivity index (χ3n) is 4.14. The fourth-order valence-electron chi connectivity index (χ4n) is 2.77. The number of aliphatic imine (C=N–C) groups is 1. The molecule has 1 saturated heterocycles. The Balaban J connectivity index is 2.18. The van der Waals surface area contributed by atoms with Crippen molar-refractivity contribution in [3.05, 3.63) is 24.2 Å². The van der Waals surface area contributed by atoms with Gasteiger partial charge < -0.3 is 19.8 Å². The van der Waals surface area contributed by atoms with Gasteiger partial charge in [0.1, 0.15) is 18.0 Å². The van der Waals surface area contributed by atoms with E-state index in [1.807, 2.05) is 6.92 Å². The standard InChI is InChI=1S/C18H27N2O3P/c1-7-8-14-11-20(13(3)19-12(14)2)18-17(22)16(21)15(23-18)9-10-24(4,5)6/h11,15-18,21-22H,3-4,9-10H2,1-2,5-6H3/t15?,16-,17-,18-/m1/s1. The molecule has 0 aliphatic carbocycles. The quantitative estimate of drug-likeness (QED) is 0.598. The summed E-state index contributed by atoms with van der Waals surface area (Å²) < 4.78 is 5.95. The fourth-order valence-corrected chi connectivity index (χ4v) is 3.72. The van der Waals surface area contributed by atoms with Crippen LogP contribution in [0.15, 0.2) is 29.2 Å². The third kappa shape index (κ3) is 4.20. The van der Waals surface area contributed by atoms with Crippen molar-refractivity contribution >= 4 is 18.9 Å². The molecule has 6 heteroatoms. The van der Waals surface area contributed by atoms with E-state index in [1.165, 1.54) is 0 Å². The Kier molecular flexibility index (Phi) is 5.78. The van der Waals surface area contributed by atoms with Gasteiger partial charge in [-0.3, -0.25) is 0 Å². The monoisotopic (exact) mass is 350 g/mol. The van der Waals surface area contributed by atoms with Crippen molar-refractivity contribution in [3.63, 3.8) is 0 Å². The molecule has 0 aromatic heterocycles. The number of aliphatic hydroxyl groups excluding tert-OH is 2. The maximum Gasteiger partial charge on any atom is 0.164 e. The highest BCUT2D eigenvalue weighted by molar-refractivity contribution is 7.72. The predicted octanol–water partition coefficient (Wildman–Crippen LogP) is 1.69. The van der Waals surface area contributed by atoms with Crippen molar-refractivity contribution in [2.24, 2.45) is 4.99 Å². The Bertz CT molecular complexity index is 680. The molecule has 2 rings (SSSR count). The summed E-state index contributed by atoms with van der Waals surface area (Å²) in [7, 11) is 0. The Morgan fingerprint density at radius 3 is 2.62 bits per heavy atom. The maximum absolute atomic E-state index is 10.4. The Morgan fingerprint density at radius 1 is 1.38 bits per heavy atom. The molecule has 2 aliphatic rings. The molecule has 0 amide bonds. The van der Waals surface area contributed by atoms with Crippen molar-refractivity contribution in [3.8, 4) is 11.8 Å². The van der Waals surface area contributed by atoms with Gasteiger partial charge in [0.05, 0.1) is 17.4 Å². The van der Waals surface area contributed by atoms with Gasteiger partial charge in [0, 0.05) is 6.20 Å². The first-order valence-electron chi connectivity index (χ1n) is 8.00. The van der Waals surface area contributed by atoms with Gasteiger partial charge in [-0.2, -0.15) is 0 Å². The molecule has 0 aromatic rings. The summed E-state index contributed by atoms with van der Waals surface area (Å²) in [6, 6.07) is 0. The van der Waals surface area contributed by atoms with Crippen molar-refractivity contribution in [1.82, 2.24) is 4.90 Å². The second kappa shape index (κ2) is 7.29. The average molecular weight is 350 g/mol. The molecule has 1 unspecified atom stereocenters.